The minimum absolute atomic E-state index is 1.19. The molecule has 2 aromatic carbocycles. The maximum absolute atomic E-state index is 3.88. The number of benzene rings is 2. The molecule has 2 aromatic rings. The molecule has 0 spiro atoms. The van der Waals surface area contributed by atoms with Gasteiger partial charge in [-0.2, -0.15) is 0 Å². The van der Waals surface area contributed by atoms with Crippen molar-refractivity contribution in [2.24, 2.45) is 0 Å². The monoisotopic (exact) mass is 239 g/mol. The Kier molecular flexibility index (Phi) is 2.45. The van der Waals surface area contributed by atoms with Gasteiger partial charge in [-0.1, -0.05) is 48.7 Å². The van der Waals surface area contributed by atoms with E-state index in [1.165, 1.54) is 32.3 Å². The molecule has 2 heteroatoms. The molecule has 0 bridgehead atoms. The quantitative estimate of drug-likeness (QED) is 0.651. The van der Waals surface area contributed by atoms with Crippen molar-refractivity contribution in [1.29, 1.82) is 0 Å². The van der Waals surface area contributed by atoms with Crippen LogP contribution < -0.4 is 5.32 Å². The van der Waals surface area contributed by atoms with Gasteiger partial charge >= 0.3 is 0 Å². The van der Waals surface area contributed by atoms with Crippen molar-refractivity contribution in [2.75, 3.05) is 5.32 Å². The van der Waals surface area contributed by atoms with Crippen LogP contribution in [0.4, 0.5) is 11.4 Å². The second-order valence-corrected chi connectivity index (χ2v) is 5.16. The number of rotatable bonds is 1. The topological polar surface area (TPSA) is 12.0 Å². The van der Waals surface area contributed by atoms with Crippen LogP contribution in [-0.4, -0.2) is 0 Å². The average Bonchev–Trinajstić information content (AvgIpc) is 2.38. The zero-order valence-corrected chi connectivity index (χ0v) is 10.5. The molecule has 0 amide bonds. The van der Waals surface area contributed by atoms with Crippen LogP contribution in [-0.2, 0) is 0 Å². The smallest absolute Gasteiger partial charge is 0.0562 e. The second kappa shape index (κ2) is 3.97. The number of para-hydroxylation sites is 1. The van der Waals surface area contributed by atoms with Crippen molar-refractivity contribution >= 4 is 29.2 Å². The average molecular weight is 239 g/mol. The lowest BCUT2D eigenvalue weighted by Gasteiger charge is -2.23. The molecule has 0 unspecified atom stereocenters. The van der Waals surface area contributed by atoms with E-state index in [0.717, 1.165) is 0 Å². The standard InChI is InChI=1S/C15H13NS/c1-3-11-9-8-10(2)14-15(11)17-13-7-5-4-6-12(13)16-14/h3-9,16H,1H2,2H3. The molecule has 3 rings (SSSR count). The summed E-state index contributed by atoms with van der Waals surface area (Å²) in [5, 5.41) is 3.51. The Labute approximate surface area is 106 Å². The normalized spacial score (nSPS) is 12.3. The van der Waals surface area contributed by atoms with Gasteiger partial charge in [0.05, 0.1) is 11.4 Å². The molecule has 84 valence electrons. The molecule has 0 atom stereocenters. The lowest BCUT2D eigenvalue weighted by molar-refractivity contribution is 1.26. The first-order valence-electron chi connectivity index (χ1n) is 5.59. The predicted molar refractivity (Wildman–Crippen MR) is 75.1 cm³/mol. The van der Waals surface area contributed by atoms with E-state index >= 15 is 0 Å². The van der Waals surface area contributed by atoms with Gasteiger partial charge in [0.25, 0.3) is 0 Å². The maximum atomic E-state index is 3.88. The Bertz CT molecular complexity index is 602. The number of anilines is 2. The minimum atomic E-state index is 1.19. The van der Waals surface area contributed by atoms with Gasteiger partial charge in [-0.15, -0.1) is 0 Å². The van der Waals surface area contributed by atoms with Crippen LogP contribution in [0.25, 0.3) is 6.08 Å². The fraction of sp³-hybridized carbons (Fsp3) is 0.0667. The van der Waals surface area contributed by atoms with Crippen molar-refractivity contribution < 1.29 is 0 Å². The third-order valence-corrected chi connectivity index (χ3v) is 4.20. The fourth-order valence-electron chi connectivity index (χ4n) is 2.03. The third kappa shape index (κ3) is 1.65. The van der Waals surface area contributed by atoms with Gasteiger partial charge in [-0.3, -0.25) is 0 Å². The zero-order chi connectivity index (χ0) is 11.8. The van der Waals surface area contributed by atoms with Crippen molar-refractivity contribution in [2.45, 2.75) is 16.7 Å². The van der Waals surface area contributed by atoms with Gasteiger partial charge in [0.1, 0.15) is 0 Å². The van der Waals surface area contributed by atoms with Crippen LogP contribution in [0.15, 0.2) is 52.8 Å². The van der Waals surface area contributed by atoms with Crippen LogP contribution in [0.2, 0.25) is 0 Å². The molecule has 1 N–H and O–H groups in total. The molecule has 0 aliphatic carbocycles. The number of nitrogens with one attached hydrogen (secondary N) is 1. The number of hydrogen-bond donors (Lipinski definition) is 1. The highest BCUT2D eigenvalue weighted by atomic mass is 32.2. The second-order valence-electron chi connectivity index (χ2n) is 4.10. The molecule has 17 heavy (non-hydrogen) atoms. The maximum Gasteiger partial charge on any atom is 0.0562 e. The van der Waals surface area contributed by atoms with Gasteiger partial charge in [0.2, 0.25) is 0 Å². The molecule has 1 nitrogen and oxygen atoms in total. The van der Waals surface area contributed by atoms with Crippen molar-refractivity contribution in [3.63, 3.8) is 0 Å². The summed E-state index contributed by atoms with van der Waals surface area (Å²) in [6.45, 7) is 6.02. The number of hydrogen-bond acceptors (Lipinski definition) is 2. The van der Waals surface area contributed by atoms with Gasteiger partial charge < -0.3 is 5.32 Å². The van der Waals surface area contributed by atoms with E-state index < -0.39 is 0 Å². The van der Waals surface area contributed by atoms with E-state index in [0.29, 0.717) is 0 Å². The van der Waals surface area contributed by atoms with E-state index in [1.54, 1.807) is 0 Å². The van der Waals surface area contributed by atoms with Crippen molar-refractivity contribution in [3.8, 4) is 0 Å². The Morgan fingerprint density at radius 1 is 1.18 bits per heavy atom. The number of fused-ring (bicyclic) bond motifs is 2. The van der Waals surface area contributed by atoms with E-state index in [4.69, 9.17) is 0 Å². The Balaban J connectivity index is 2.20. The largest absolute Gasteiger partial charge is 0.353 e. The summed E-state index contributed by atoms with van der Waals surface area (Å²) in [4.78, 5) is 2.55. The molecule has 1 aliphatic heterocycles. The van der Waals surface area contributed by atoms with Gasteiger partial charge in [-0.05, 0) is 30.2 Å². The van der Waals surface area contributed by atoms with Crippen LogP contribution in [0.5, 0.6) is 0 Å². The number of aryl methyl sites for hydroxylation is 1. The van der Waals surface area contributed by atoms with Crippen molar-refractivity contribution in [1.82, 2.24) is 0 Å². The molecule has 0 radical (unpaired) electrons. The molecule has 1 aliphatic rings. The summed E-state index contributed by atoms with van der Waals surface area (Å²) >= 11 is 1.81. The molecule has 1 heterocycles. The first-order valence-corrected chi connectivity index (χ1v) is 6.41. The van der Waals surface area contributed by atoms with E-state index in [1.807, 2.05) is 17.8 Å². The zero-order valence-electron chi connectivity index (χ0n) is 9.66. The molecule has 0 fully saturated rings. The summed E-state index contributed by atoms with van der Waals surface area (Å²) < 4.78 is 0. The Hall–Kier alpha value is -1.67. The van der Waals surface area contributed by atoms with E-state index in [2.05, 4.69) is 55.2 Å². The van der Waals surface area contributed by atoms with E-state index in [9.17, 15) is 0 Å². The summed E-state index contributed by atoms with van der Waals surface area (Å²) in [6.07, 6.45) is 1.92. The summed E-state index contributed by atoms with van der Waals surface area (Å²) in [7, 11) is 0. The lowest BCUT2D eigenvalue weighted by atomic mass is 10.1. The Morgan fingerprint density at radius 2 is 2.00 bits per heavy atom. The summed E-state index contributed by atoms with van der Waals surface area (Å²) in [5.41, 5.74) is 4.87. The molecule has 0 saturated carbocycles. The predicted octanol–water partition coefficient (Wildman–Crippen LogP) is 4.85. The minimum Gasteiger partial charge on any atom is -0.353 e. The first kappa shape index (κ1) is 10.5. The van der Waals surface area contributed by atoms with E-state index in [-0.39, 0.29) is 0 Å². The van der Waals surface area contributed by atoms with Crippen LogP contribution >= 0.6 is 11.8 Å². The summed E-state index contributed by atoms with van der Waals surface area (Å²) in [5.74, 6) is 0. The summed E-state index contributed by atoms with van der Waals surface area (Å²) in [6, 6.07) is 12.7. The van der Waals surface area contributed by atoms with Gasteiger partial charge in [0.15, 0.2) is 0 Å². The Morgan fingerprint density at radius 3 is 2.82 bits per heavy atom. The highest BCUT2D eigenvalue weighted by Crippen LogP contribution is 2.47. The molecule has 0 aromatic heterocycles. The SMILES string of the molecule is C=Cc1ccc(C)c2c1Sc1ccccc1N2. The van der Waals surface area contributed by atoms with Crippen LogP contribution in [0.1, 0.15) is 11.1 Å². The highest BCUT2D eigenvalue weighted by Gasteiger charge is 2.18. The molecule has 0 saturated heterocycles. The van der Waals surface area contributed by atoms with Crippen molar-refractivity contribution in [3.05, 3.63) is 54.1 Å². The highest BCUT2D eigenvalue weighted by molar-refractivity contribution is 7.99. The van der Waals surface area contributed by atoms with Crippen LogP contribution in [0.3, 0.4) is 0 Å². The fourth-order valence-corrected chi connectivity index (χ4v) is 3.21. The molecular formula is C15H13NS. The third-order valence-electron chi connectivity index (χ3n) is 2.98. The lowest BCUT2D eigenvalue weighted by Crippen LogP contribution is -2.02. The molecular weight excluding hydrogens is 226 g/mol. The van der Waals surface area contributed by atoms with Gasteiger partial charge in [-0.25, -0.2) is 0 Å². The first-order chi connectivity index (χ1) is 8.29. The van der Waals surface area contributed by atoms with Gasteiger partial charge in [0, 0.05) is 9.79 Å². The van der Waals surface area contributed by atoms with Crippen LogP contribution in [0, 0.1) is 6.92 Å².